The normalized spacial score (nSPS) is 14.3. The molecule has 0 radical (unpaired) electrons. The number of benzene rings is 2. The average molecular weight is 361 g/mol. The van der Waals surface area contributed by atoms with Gasteiger partial charge in [-0.1, -0.05) is 30.0 Å². The van der Waals surface area contributed by atoms with Crippen LogP contribution in [0, 0.1) is 11.8 Å². The molecule has 138 valence electrons. The van der Waals surface area contributed by atoms with Gasteiger partial charge in [-0.15, -0.1) is 0 Å². The van der Waals surface area contributed by atoms with E-state index in [0.717, 1.165) is 48.9 Å². The minimum Gasteiger partial charge on any atom is -0.497 e. The quantitative estimate of drug-likeness (QED) is 0.617. The van der Waals surface area contributed by atoms with Gasteiger partial charge in [-0.3, -0.25) is 4.79 Å². The Labute approximate surface area is 160 Å². The second kappa shape index (κ2) is 9.07. The van der Waals surface area contributed by atoms with Gasteiger partial charge in [-0.05, 0) is 48.9 Å². The van der Waals surface area contributed by atoms with Crippen LogP contribution in [0.25, 0.3) is 6.08 Å². The van der Waals surface area contributed by atoms with E-state index in [0.29, 0.717) is 5.57 Å². The summed E-state index contributed by atoms with van der Waals surface area (Å²) < 4.78 is 10.6. The molecule has 0 N–H and O–H groups in total. The Bertz CT molecular complexity index is 882. The lowest BCUT2D eigenvalue weighted by atomic mass is 10.0. The predicted octanol–water partition coefficient (Wildman–Crippen LogP) is 3.56. The summed E-state index contributed by atoms with van der Waals surface area (Å²) in [5.74, 6) is 6.83. The number of rotatable bonds is 4. The lowest BCUT2D eigenvalue weighted by molar-refractivity contribution is -0.113. The SMILES string of the molecule is COc1ccc(C#C/C(=C\c2ccccc2N2CCOCC2)C(C)=O)cc1. The molecule has 0 saturated carbocycles. The van der Waals surface area contributed by atoms with Crippen LogP contribution in [0.1, 0.15) is 18.1 Å². The molecule has 0 aromatic heterocycles. The molecular weight excluding hydrogens is 338 g/mol. The van der Waals surface area contributed by atoms with E-state index in [1.54, 1.807) is 14.0 Å². The molecule has 0 atom stereocenters. The zero-order chi connectivity index (χ0) is 19.1. The fourth-order valence-electron chi connectivity index (χ4n) is 2.90. The molecule has 0 aliphatic carbocycles. The number of hydrogen-bond donors (Lipinski definition) is 0. The van der Waals surface area contributed by atoms with Crippen LogP contribution >= 0.6 is 0 Å². The molecule has 2 aromatic rings. The van der Waals surface area contributed by atoms with Crippen LogP contribution in [0.5, 0.6) is 5.75 Å². The van der Waals surface area contributed by atoms with Gasteiger partial charge in [-0.25, -0.2) is 0 Å². The average Bonchev–Trinajstić information content (AvgIpc) is 2.72. The maximum atomic E-state index is 12.1. The second-order valence-corrected chi connectivity index (χ2v) is 6.25. The third kappa shape index (κ3) is 4.99. The number of morpholine rings is 1. The maximum Gasteiger partial charge on any atom is 0.168 e. The largest absolute Gasteiger partial charge is 0.497 e. The highest BCUT2D eigenvalue weighted by Crippen LogP contribution is 2.24. The van der Waals surface area contributed by atoms with E-state index in [9.17, 15) is 4.79 Å². The standard InChI is InChI=1S/C23H23NO3/c1-18(25)20(10-7-19-8-11-22(26-2)12-9-19)17-21-5-3-4-6-23(21)24-13-15-27-16-14-24/h3-6,8-9,11-12,17H,13-16H2,1-2H3/b20-17+. The number of anilines is 1. The van der Waals surface area contributed by atoms with Crippen molar-refractivity contribution in [2.24, 2.45) is 0 Å². The Morgan fingerprint density at radius 1 is 1.11 bits per heavy atom. The Hall–Kier alpha value is -3.03. The summed E-state index contributed by atoms with van der Waals surface area (Å²) in [4.78, 5) is 14.4. The predicted molar refractivity (Wildman–Crippen MR) is 108 cm³/mol. The lowest BCUT2D eigenvalue weighted by Crippen LogP contribution is -2.36. The van der Waals surface area contributed by atoms with Crippen molar-refractivity contribution in [2.75, 3.05) is 38.3 Å². The zero-order valence-corrected chi connectivity index (χ0v) is 15.7. The first kappa shape index (κ1) is 18.8. The molecule has 2 aromatic carbocycles. The molecule has 0 unspecified atom stereocenters. The number of Topliss-reactive ketones (excluding diaryl/α,β-unsaturated/α-hetero) is 1. The number of ketones is 1. The minimum atomic E-state index is -0.0483. The summed E-state index contributed by atoms with van der Waals surface area (Å²) in [6.45, 7) is 4.67. The van der Waals surface area contributed by atoms with E-state index in [1.165, 1.54) is 0 Å². The fraction of sp³-hybridized carbons (Fsp3) is 0.261. The first-order valence-electron chi connectivity index (χ1n) is 8.98. The fourth-order valence-corrected chi connectivity index (χ4v) is 2.90. The van der Waals surface area contributed by atoms with Crippen molar-refractivity contribution in [1.82, 2.24) is 0 Å². The molecule has 0 spiro atoms. The Morgan fingerprint density at radius 2 is 1.81 bits per heavy atom. The molecule has 4 nitrogen and oxygen atoms in total. The minimum absolute atomic E-state index is 0.0483. The van der Waals surface area contributed by atoms with Crippen molar-refractivity contribution in [3.63, 3.8) is 0 Å². The molecule has 0 amide bonds. The van der Waals surface area contributed by atoms with Gasteiger partial charge in [0.2, 0.25) is 0 Å². The molecule has 1 heterocycles. The van der Waals surface area contributed by atoms with Crippen LogP contribution in [0.2, 0.25) is 0 Å². The van der Waals surface area contributed by atoms with E-state index < -0.39 is 0 Å². The van der Waals surface area contributed by atoms with Gasteiger partial charge in [-0.2, -0.15) is 0 Å². The molecular formula is C23H23NO3. The molecule has 4 heteroatoms. The molecule has 1 aliphatic heterocycles. The third-order valence-corrected chi connectivity index (χ3v) is 4.40. The van der Waals surface area contributed by atoms with Gasteiger partial charge < -0.3 is 14.4 Å². The second-order valence-electron chi connectivity index (χ2n) is 6.25. The smallest absolute Gasteiger partial charge is 0.168 e. The van der Waals surface area contributed by atoms with Crippen LogP contribution in [0.15, 0.2) is 54.1 Å². The number of carbonyl (C=O) groups excluding carboxylic acids is 1. The van der Waals surface area contributed by atoms with Crippen LogP contribution in [0.3, 0.4) is 0 Å². The first-order valence-corrected chi connectivity index (χ1v) is 8.98. The van der Waals surface area contributed by atoms with E-state index in [2.05, 4.69) is 22.8 Å². The number of hydrogen-bond acceptors (Lipinski definition) is 4. The summed E-state index contributed by atoms with van der Waals surface area (Å²) in [6, 6.07) is 15.6. The van der Waals surface area contributed by atoms with Crippen molar-refractivity contribution in [3.8, 4) is 17.6 Å². The monoisotopic (exact) mass is 361 g/mol. The summed E-state index contributed by atoms with van der Waals surface area (Å²) >= 11 is 0. The Morgan fingerprint density at radius 3 is 2.48 bits per heavy atom. The van der Waals surface area contributed by atoms with Gasteiger partial charge in [0, 0.05) is 24.3 Å². The van der Waals surface area contributed by atoms with E-state index in [4.69, 9.17) is 9.47 Å². The topological polar surface area (TPSA) is 38.8 Å². The van der Waals surface area contributed by atoms with Crippen molar-refractivity contribution in [2.45, 2.75) is 6.92 Å². The molecule has 1 saturated heterocycles. The van der Waals surface area contributed by atoms with Crippen molar-refractivity contribution < 1.29 is 14.3 Å². The van der Waals surface area contributed by atoms with Crippen LogP contribution in [-0.2, 0) is 9.53 Å². The number of ether oxygens (including phenoxy) is 2. The van der Waals surface area contributed by atoms with Crippen molar-refractivity contribution >= 4 is 17.5 Å². The summed E-state index contributed by atoms with van der Waals surface area (Å²) in [5, 5.41) is 0. The Balaban J connectivity index is 1.90. The van der Waals surface area contributed by atoms with Gasteiger partial charge >= 0.3 is 0 Å². The first-order chi connectivity index (χ1) is 13.2. The van der Waals surface area contributed by atoms with E-state index in [-0.39, 0.29) is 5.78 Å². The van der Waals surface area contributed by atoms with Crippen LogP contribution < -0.4 is 9.64 Å². The summed E-state index contributed by atoms with van der Waals surface area (Å²) in [7, 11) is 1.63. The van der Waals surface area contributed by atoms with Crippen LogP contribution in [-0.4, -0.2) is 39.2 Å². The molecule has 1 aliphatic rings. The van der Waals surface area contributed by atoms with Gasteiger partial charge in [0.1, 0.15) is 5.75 Å². The molecule has 0 bridgehead atoms. The number of carbonyl (C=O) groups is 1. The van der Waals surface area contributed by atoms with Gasteiger partial charge in [0.25, 0.3) is 0 Å². The van der Waals surface area contributed by atoms with E-state index in [1.807, 2.05) is 48.5 Å². The van der Waals surface area contributed by atoms with Crippen LogP contribution in [0.4, 0.5) is 5.69 Å². The Kier molecular flexibility index (Phi) is 6.30. The molecule has 1 fully saturated rings. The number of nitrogens with zero attached hydrogens (tertiary/aromatic N) is 1. The summed E-state index contributed by atoms with van der Waals surface area (Å²) in [5.41, 5.74) is 3.43. The van der Waals surface area contributed by atoms with Gasteiger partial charge in [0.05, 0.1) is 25.9 Å². The number of para-hydroxylation sites is 1. The molecule has 27 heavy (non-hydrogen) atoms. The lowest BCUT2D eigenvalue weighted by Gasteiger charge is -2.30. The maximum absolute atomic E-state index is 12.1. The number of allylic oxidation sites excluding steroid dienone is 1. The summed E-state index contributed by atoms with van der Waals surface area (Å²) in [6.07, 6.45) is 1.88. The highest BCUT2D eigenvalue weighted by molar-refractivity contribution is 6.03. The van der Waals surface area contributed by atoms with Crippen molar-refractivity contribution in [3.05, 3.63) is 65.2 Å². The van der Waals surface area contributed by atoms with Gasteiger partial charge in [0.15, 0.2) is 5.78 Å². The zero-order valence-electron chi connectivity index (χ0n) is 15.7. The highest BCUT2D eigenvalue weighted by atomic mass is 16.5. The third-order valence-electron chi connectivity index (χ3n) is 4.40. The highest BCUT2D eigenvalue weighted by Gasteiger charge is 2.14. The molecule has 3 rings (SSSR count). The van der Waals surface area contributed by atoms with Crippen molar-refractivity contribution in [1.29, 1.82) is 0 Å². The number of methoxy groups -OCH3 is 1. The van der Waals surface area contributed by atoms with E-state index >= 15 is 0 Å².